The third-order valence-electron chi connectivity index (χ3n) is 5.10. The second-order valence-corrected chi connectivity index (χ2v) is 7.11. The molecule has 0 saturated heterocycles. The number of amides is 1. The van der Waals surface area contributed by atoms with Crippen LogP contribution in [0.5, 0.6) is 0 Å². The lowest BCUT2D eigenvalue weighted by molar-refractivity contribution is -0.311. The summed E-state index contributed by atoms with van der Waals surface area (Å²) in [7, 11) is 1.68. The minimum absolute atomic E-state index is 0.211. The summed E-state index contributed by atoms with van der Waals surface area (Å²) in [6, 6.07) is 7.24. The van der Waals surface area contributed by atoms with E-state index in [2.05, 4.69) is 4.99 Å². The Kier molecular flexibility index (Phi) is 5.69. The predicted molar refractivity (Wildman–Crippen MR) is 97.8 cm³/mol. The zero-order valence-corrected chi connectivity index (χ0v) is 16.5. The van der Waals surface area contributed by atoms with Gasteiger partial charge in [0.25, 0.3) is 11.4 Å². The van der Waals surface area contributed by atoms with Gasteiger partial charge in [-0.15, -0.1) is 0 Å². The van der Waals surface area contributed by atoms with Gasteiger partial charge < -0.3 is 9.80 Å². The molecular formula is C20H15F8N3O. The Morgan fingerprint density at radius 2 is 1.34 bits per heavy atom. The Balaban J connectivity index is 2.19. The highest BCUT2D eigenvalue weighted by atomic mass is 19.4. The molecule has 0 N–H and O–H groups in total. The normalized spacial score (nSPS) is 18.5. The van der Waals surface area contributed by atoms with Crippen molar-refractivity contribution >= 4 is 11.7 Å². The van der Waals surface area contributed by atoms with E-state index >= 15 is 0 Å². The van der Waals surface area contributed by atoms with Gasteiger partial charge in [0.2, 0.25) is 0 Å². The molecule has 0 aliphatic carbocycles. The average Bonchev–Trinajstić information content (AvgIpc) is 3.02. The smallest absolute Gasteiger partial charge is 0.336 e. The van der Waals surface area contributed by atoms with Crippen LogP contribution in [0.25, 0.3) is 0 Å². The van der Waals surface area contributed by atoms with Crippen LogP contribution in [0.3, 0.4) is 0 Å². The van der Waals surface area contributed by atoms with Crippen LogP contribution >= 0.6 is 0 Å². The fraction of sp³-hybridized carbons (Fsp3) is 0.300. The Hall–Kier alpha value is -3.18. The number of nitrogens with zero attached hydrogens (tertiary/aromatic N) is 3. The summed E-state index contributed by atoms with van der Waals surface area (Å²) in [6.07, 6.45) is -14.6. The summed E-state index contributed by atoms with van der Waals surface area (Å²) in [4.78, 5) is 16.6. The van der Waals surface area contributed by atoms with Crippen LogP contribution in [-0.4, -0.2) is 59.7 Å². The second kappa shape index (κ2) is 7.75. The van der Waals surface area contributed by atoms with Gasteiger partial charge in [-0.25, -0.2) is 13.8 Å². The van der Waals surface area contributed by atoms with Gasteiger partial charge in [0.1, 0.15) is 23.6 Å². The Labute approximate surface area is 176 Å². The summed E-state index contributed by atoms with van der Waals surface area (Å²) in [5.74, 6) is -3.45. The third kappa shape index (κ3) is 3.67. The van der Waals surface area contributed by atoms with Crippen molar-refractivity contribution in [1.29, 1.82) is 0 Å². The molecule has 0 aromatic heterocycles. The van der Waals surface area contributed by atoms with Crippen LogP contribution < -0.4 is 0 Å². The molecule has 1 amide bonds. The number of halogens is 8. The van der Waals surface area contributed by atoms with Gasteiger partial charge in [0, 0.05) is 25.2 Å². The second-order valence-electron chi connectivity index (χ2n) is 7.11. The molecule has 2 aromatic rings. The zero-order valence-electron chi connectivity index (χ0n) is 16.5. The molecule has 0 spiro atoms. The van der Waals surface area contributed by atoms with Gasteiger partial charge in [0.05, 0.1) is 0 Å². The van der Waals surface area contributed by atoms with E-state index in [-0.39, 0.29) is 16.0 Å². The number of hydrogen-bond acceptors (Lipinski definition) is 3. The van der Waals surface area contributed by atoms with Crippen molar-refractivity contribution in [1.82, 2.24) is 9.80 Å². The minimum atomic E-state index is -5.96. The summed E-state index contributed by atoms with van der Waals surface area (Å²) >= 11 is 0. The molecule has 32 heavy (non-hydrogen) atoms. The Morgan fingerprint density at radius 3 is 1.78 bits per heavy atom. The molecule has 2 aromatic carbocycles. The maximum Gasteiger partial charge on any atom is 0.426 e. The van der Waals surface area contributed by atoms with Crippen molar-refractivity contribution in [2.24, 2.45) is 4.99 Å². The lowest BCUT2D eigenvalue weighted by atomic mass is 9.93. The largest absolute Gasteiger partial charge is 0.426 e. The van der Waals surface area contributed by atoms with E-state index in [1.165, 1.54) is 0 Å². The van der Waals surface area contributed by atoms with Gasteiger partial charge in [-0.05, 0) is 48.5 Å². The molecule has 4 nitrogen and oxygen atoms in total. The predicted octanol–water partition coefficient (Wildman–Crippen LogP) is 4.62. The highest BCUT2D eigenvalue weighted by molar-refractivity contribution is 6.01. The fourth-order valence-corrected chi connectivity index (χ4v) is 3.59. The molecule has 1 aliphatic heterocycles. The Bertz CT molecular complexity index is 1010. The van der Waals surface area contributed by atoms with Crippen LogP contribution in [0.1, 0.15) is 15.9 Å². The van der Waals surface area contributed by atoms with Crippen molar-refractivity contribution in [3.63, 3.8) is 0 Å². The molecule has 0 saturated carbocycles. The van der Waals surface area contributed by atoms with Crippen LogP contribution in [0.15, 0.2) is 53.5 Å². The van der Waals surface area contributed by atoms with Gasteiger partial charge in [-0.3, -0.25) is 4.79 Å². The van der Waals surface area contributed by atoms with Crippen molar-refractivity contribution < 1.29 is 39.9 Å². The highest BCUT2D eigenvalue weighted by Gasteiger charge is 2.79. The van der Waals surface area contributed by atoms with Gasteiger partial charge in [-0.2, -0.15) is 26.3 Å². The van der Waals surface area contributed by atoms with Gasteiger partial charge in [0.15, 0.2) is 0 Å². The fourth-order valence-electron chi connectivity index (χ4n) is 3.59. The first-order valence-corrected chi connectivity index (χ1v) is 8.95. The van der Waals surface area contributed by atoms with E-state index in [9.17, 15) is 39.9 Å². The van der Waals surface area contributed by atoms with Crippen LogP contribution in [-0.2, 0) is 0 Å². The van der Waals surface area contributed by atoms with E-state index in [1.807, 2.05) is 0 Å². The number of benzene rings is 2. The molecule has 1 atom stereocenters. The summed E-state index contributed by atoms with van der Waals surface area (Å²) in [5.41, 5.74) is -5.23. The van der Waals surface area contributed by atoms with Crippen molar-refractivity contribution in [2.75, 3.05) is 14.1 Å². The molecule has 0 fully saturated rings. The molecule has 1 unspecified atom stereocenters. The number of carbonyl (C=O) groups is 1. The van der Waals surface area contributed by atoms with E-state index in [0.717, 1.165) is 62.6 Å². The summed E-state index contributed by atoms with van der Waals surface area (Å²) in [6.45, 7) is 0. The van der Waals surface area contributed by atoms with Crippen molar-refractivity contribution in [2.45, 2.75) is 24.1 Å². The topological polar surface area (TPSA) is 35.9 Å². The number of carbonyl (C=O) groups excluding carboxylic acids is 1. The quantitative estimate of drug-likeness (QED) is 0.621. The van der Waals surface area contributed by atoms with E-state index in [4.69, 9.17) is 0 Å². The molecular weight excluding hydrogens is 450 g/mol. The lowest BCUT2D eigenvalue weighted by Crippen LogP contribution is -2.69. The molecule has 0 bridgehead atoms. The molecule has 0 radical (unpaired) electrons. The standard InChI is InChI=1S/C20H15F8N3O/c1-30-15(11-3-7-13(21)8-4-11)29-18(19(23,24)25,20(26,27)28)17(30)31(2)16(32)12-5-9-14(22)10-6-12/h3-10,17H,1-2H3. The molecule has 3 rings (SSSR count). The van der Waals surface area contributed by atoms with Crippen LogP contribution in [0, 0.1) is 11.6 Å². The highest BCUT2D eigenvalue weighted by Crippen LogP contribution is 2.53. The van der Waals surface area contributed by atoms with Crippen LogP contribution in [0.2, 0.25) is 0 Å². The maximum atomic E-state index is 14.1. The molecule has 1 aliphatic rings. The first kappa shape index (κ1) is 23.5. The molecule has 12 heteroatoms. The number of alkyl halides is 6. The minimum Gasteiger partial charge on any atom is -0.336 e. The SMILES string of the molecule is CN(C(=O)c1ccc(F)cc1)C1N(C)C(c2ccc(F)cc2)=NC1(C(F)(F)F)C(F)(F)F. The zero-order chi connectivity index (χ0) is 24.1. The summed E-state index contributed by atoms with van der Waals surface area (Å²) in [5, 5.41) is 0. The number of hydrogen-bond donors (Lipinski definition) is 0. The van der Waals surface area contributed by atoms with Gasteiger partial charge in [-0.1, -0.05) is 0 Å². The van der Waals surface area contributed by atoms with Crippen molar-refractivity contribution in [3.05, 3.63) is 71.3 Å². The number of aliphatic imine (C=N–C) groups is 1. The lowest BCUT2D eigenvalue weighted by Gasteiger charge is -2.42. The van der Waals surface area contributed by atoms with Crippen molar-refractivity contribution in [3.8, 4) is 0 Å². The number of rotatable bonds is 3. The van der Waals surface area contributed by atoms with E-state index in [1.54, 1.807) is 0 Å². The third-order valence-corrected chi connectivity index (χ3v) is 5.10. The molecule has 172 valence electrons. The molecule has 1 heterocycles. The van der Waals surface area contributed by atoms with E-state index in [0.29, 0.717) is 4.90 Å². The maximum absolute atomic E-state index is 14.1. The monoisotopic (exact) mass is 465 g/mol. The first-order valence-electron chi connectivity index (χ1n) is 8.95. The number of likely N-dealkylation sites (N-methyl/N-ethyl adjacent to an activating group) is 2. The van der Waals surface area contributed by atoms with E-state index < -0.39 is 47.4 Å². The van der Waals surface area contributed by atoms with Crippen LogP contribution in [0.4, 0.5) is 35.1 Å². The van der Waals surface area contributed by atoms with Gasteiger partial charge >= 0.3 is 12.4 Å². The average molecular weight is 465 g/mol. The number of amidine groups is 1. The summed E-state index contributed by atoms with van der Waals surface area (Å²) < 4.78 is 111. The Morgan fingerprint density at radius 1 is 0.906 bits per heavy atom. The first-order chi connectivity index (χ1) is 14.7.